The second kappa shape index (κ2) is 11.1. The Balaban J connectivity index is 2.24. The maximum Gasteiger partial charge on any atom is 0.343 e. The van der Waals surface area contributed by atoms with Crippen LogP contribution in [0.25, 0.3) is 6.08 Å². The molecule has 0 saturated carbocycles. The van der Waals surface area contributed by atoms with E-state index < -0.39 is 5.97 Å². The normalized spacial score (nSPS) is 15.2. The van der Waals surface area contributed by atoms with Crippen LogP contribution in [0.3, 0.4) is 0 Å². The van der Waals surface area contributed by atoms with E-state index in [0.717, 1.165) is 11.8 Å². The smallest absolute Gasteiger partial charge is 0.343 e. The van der Waals surface area contributed by atoms with Gasteiger partial charge in [0.1, 0.15) is 0 Å². The number of ether oxygens (including phenoxy) is 4. The Morgan fingerprint density at radius 3 is 2.66 bits per heavy atom. The van der Waals surface area contributed by atoms with Crippen molar-refractivity contribution in [3.63, 3.8) is 0 Å². The van der Waals surface area contributed by atoms with Gasteiger partial charge in [0.05, 0.1) is 23.6 Å². The lowest BCUT2D eigenvalue weighted by molar-refractivity contribution is -0.142. The van der Waals surface area contributed by atoms with Crippen molar-refractivity contribution in [1.82, 2.24) is 4.90 Å². The maximum atomic E-state index is 12.5. The molecule has 29 heavy (non-hydrogen) atoms. The third-order valence-corrected chi connectivity index (χ3v) is 4.98. The van der Waals surface area contributed by atoms with Crippen molar-refractivity contribution in [2.75, 3.05) is 40.6 Å². The van der Waals surface area contributed by atoms with E-state index in [9.17, 15) is 14.4 Å². The molecular formula is C19H22ClNO7S. The van der Waals surface area contributed by atoms with Gasteiger partial charge in [0.2, 0.25) is 0 Å². The van der Waals surface area contributed by atoms with E-state index in [2.05, 4.69) is 4.74 Å². The molecule has 0 atom stereocenters. The lowest BCUT2D eigenvalue weighted by atomic mass is 10.1. The molecule has 0 unspecified atom stereocenters. The largest absolute Gasteiger partial charge is 0.490 e. The Hall–Kier alpha value is -2.23. The molecule has 0 bridgehead atoms. The first-order valence-corrected chi connectivity index (χ1v) is 10.0. The standard InChI is InChI=1S/C19H22ClNO7S/c1-4-27-14-9-12(8-13(20)17(14)28-11-16(22)26-3)10-15-18(23)21(19(24)29-15)6-5-7-25-2/h8-10H,4-7,11H2,1-3H3/b15-10+. The summed E-state index contributed by atoms with van der Waals surface area (Å²) in [5, 5.41) is -0.128. The number of halogens is 1. The predicted octanol–water partition coefficient (Wildman–Crippen LogP) is 3.36. The van der Waals surface area contributed by atoms with Crippen molar-refractivity contribution >= 4 is 46.6 Å². The van der Waals surface area contributed by atoms with Gasteiger partial charge in [-0.15, -0.1) is 0 Å². The highest BCUT2D eigenvalue weighted by molar-refractivity contribution is 8.18. The fourth-order valence-electron chi connectivity index (χ4n) is 2.48. The van der Waals surface area contributed by atoms with Gasteiger partial charge in [0, 0.05) is 20.3 Å². The summed E-state index contributed by atoms with van der Waals surface area (Å²) >= 11 is 7.15. The van der Waals surface area contributed by atoms with Gasteiger partial charge in [-0.1, -0.05) is 11.6 Å². The van der Waals surface area contributed by atoms with Gasteiger partial charge in [0.25, 0.3) is 11.1 Å². The Labute approximate surface area is 178 Å². The molecule has 158 valence electrons. The number of esters is 1. The molecule has 1 aromatic rings. The third kappa shape index (κ3) is 6.12. The van der Waals surface area contributed by atoms with Crippen LogP contribution in [0.15, 0.2) is 17.0 Å². The summed E-state index contributed by atoms with van der Waals surface area (Å²) in [5.74, 6) is -0.413. The molecule has 2 amide bonds. The van der Waals surface area contributed by atoms with E-state index in [-0.39, 0.29) is 33.4 Å². The van der Waals surface area contributed by atoms with Crippen LogP contribution in [-0.2, 0) is 19.1 Å². The van der Waals surface area contributed by atoms with Gasteiger partial charge >= 0.3 is 5.97 Å². The van der Waals surface area contributed by atoms with Crippen molar-refractivity contribution in [2.24, 2.45) is 0 Å². The minimum atomic E-state index is -0.560. The van der Waals surface area contributed by atoms with E-state index in [1.165, 1.54) is 12.0 Å². The van der Waals surface area contributed by atoms with Crippen LogP contribution in [0, 0.1) is 0 Å². The van der Waals surface area contributed by atoms with Crippen LogP contribution in [0.1, 0.15) is 18.9 Å². The summed E-state index contributed by atoms with van der Waals surface area (Å²) in [6.45, 7) is 2.55. The summed E-state index contributed by atoms with van der Waals surface area (Å²) < 4.78 is 20.5. The number of carbonyl (C=O) groups is 3. The number of hydrogen-bond acceptors (Lipinski definition) is 8. The molecule has 2 rings (SSSR count). The van der Waals surface area contributed by atoms with Gasteiger partial charge in [-0.2, -0.15) is 0 Å². The zero-order chi connectivity index (χ0) is 21.4. The number of rotatable bonds is 10. The number of hydrogen-bond donors (Lipinski definition) is 0. The van der Waals surface area contributed by atoms with Crippen LogP contribution in [-0.4, -0.2) is 62.6 Å². The number of imide groups is 1. The summed E-state index contributed by atoms with van der Waals surface area (Å²) in [6.07, 6.45) is 2.13. The van der Waals surface area contributed by atoms with E-state index in [1.807, 2.05) is 0 Å². The average Bonchev–Trinajstić information content (AvgIpc) is 2.94. The van der Waals surface area contributed by atoms with E-state index in [1.54, 1.807) is 32.2 Å². The van der Waals surface area contributed by atoms with Gasteiger partial charge in [-0.25, -0.2) is 4.79 Å². The fraction of sp³-hybridized carbons (Fsp3) is 0.421. The molecule has 1 aliphatic heterocycles. The molecule has 1 heterocycles. The lowest BCUT2D eigenvalue weighted by Crippen LogP contribution is -2.29. The number of benzene rings is 1. The highest BCUT2D eigenvalue weighted by Gasteiger charge is 2.34. The molecule has 8 nitrogen and oxygen atoms in total. The van der Waals surface area contributed by atoms with Crippen molar-refractivity contribution < 1.29 is 33.3 Å². The summed E-state index contributed by atoms with van der Waals surface area (Å²) in [4.78, 5) is 37.4. The fourth-order valence-corrected chi connectivity index (χ4v) is 3.61. The van der Waals surface area contributed by atoms with Crippen LogP contribution < -0.4 is 9.47 Å². The summed E-state index contributed by atoms with van der Waals surface area (Å²) in [7, 11) is 2.81. The highest BCUT2D eigenvalue weighted by Crippen LogP contribution is 2.39. The van der Waals surface area contributed by atoms with E-state index in [0.29, 0.717) is 37.5 Å². The monoisotopic (exact) mass is 443 g/mol. The Morgan fingerprint density at radius 1 is 1.24 bits per heavy atom. The molecule has 1 fully saturated rings. The van der Waals surface area contributed by atoms with E-state index in [4.69, 9.17) is 25.8 Å². The van der Waals surface area contributed by atoms with Crippen molar-refractivity contribution in [1.29, 1.82) is 0 Å². The van der Waals surface area contributed by atoms with Crippen LogP contribution in [0.2, 0.25) is 5.02 Å². The Morgan fingerprint density at radius 2 is 2.00 bits per heavy atom. The van der Waals surface area contributed by atoms with Crippen LogP contribution >= 0.6 is 23.4 Å². The molecule has 1 aromatic carbocycles. The second-order valence-electron chi connectivity index (χ2n) is 5.81. The van der Waals surface area contributed by atoms with Crippen molar-refractivity contribution in [2.45, 2.75) is 13.3 Å². The minimum absolute atomic E-state index is 0.198. The van der Waals surface area contributed by atoms with Crippen LogP contribution in [0.5, 0.6) is 11.5 Å². The molecule has 1 saturated heterocycles. The van der Waals surface area contributed by atoms with Gasteiger partial charge in [-0.3, -0.25) is 14.5 Å². The maximum absolute atomic E-state index is 12.5. The predicted molar refractivity (Wildman–Crippen MR) is 109 cm³/mol. The Kier molecular flexibility index (Phi) is 8.81. The molecule has 0 radical (unpaired) electrons. The molecule has 10 heteroatoms. The molecule has 0 spiro atoms. The van der Waals surface area contributed by atoms with Crippen molar-refractivity contribution in [3.05, 3.63) is 27.6 Å². The van der Waals surface area contributed by atoms with Crippen molar-refractivity contribution in [3.8, 4) is 11.5 Å². The molecule has 0 aromatic heterocycles. The highest BCUT2D eigenvalue weighted by atomic mass is 35.5. The minimum Gasteiger partial charge on any atom is -0.490 e. The summed E-state index contributed by atoms with van der Waals surface area (Å²) in [6, 6.07) is 3.19. The molecule has 0 N–H and O–H groups in total. The molecule has 1 aliphatic rings. The third-order valence-electron chi connectivity index (χ3n) is 3.80. The quantitative estimate of drug-likeness (QED) is 0.309. The number of methoxy groups -OCH3 is 2. The second-order valence-corrected chi connectivity index (χ2v) is 7.21. The Bertz CT molecular complexity index is 812. The number of nitrogens with zero attached hydrogens (tertiary/aromatic N) is 1. The lowest BCUT2D eigenvalue weighted by Gasteiger charge is -2.14. The number of thioether (sulfide) groups is 1. The van der Waals surface area contributed by atoms with Gasteiger partial charge < -0.3 is 18.9 Å². The zero-order valence-corrected chi connectivity index (χ0v) is 17.9. The first-order valence-electron chi connectivity index (χ1n) is 8.81. The number of carbonyl (C=O) groups excluding carboxylic acids is 3. The molecular weight excluding hydrogens is 422 g/mol. The first-order chi connectivity index (χ1) is 13.9. The van der Waals surface area contributed by atoms with Gasteiger partial charge in [-0.05, 0) is 48.9 Å². The van der Waals surface area contributed by atoms with E-state index >= 15 is 0 Å². The summed E-state index contributed by atoms with van der Waals surface area (Å²) in [5.41, 5.74) is 0.561. The average molecular weight is 444 g/mol. The van der Waals surface area contributed by atoms with Crippen LogP contribution in [0.4, 0.5) is 4.79 Å². The SMILES string of the molecule is CCOc1cc(/C=C2/SC(=O)N(CCCOC)C2=O)cc(Cl)c1OCC(=O)OC. The topological polar surface area (TPSA) is 91.4 Å². The zero-order valence-electron chi connectivity index (χ0n) is 16.4. The molecule has 0 aliphatic carbocycles. The number of amides is 2. The van der Waals surface area contributed by atoms with Gasteiger partial charge in [0.15, 0.2) is 18.1 Å². The first kappa shape index (κ1) is 23.1.